The first-order chi connectivity index (χ1) is 13.6. The first-order valence-electron chi connectivity index (χ1n) is 8.99. The number of hydrazone groups is 1. The first-order valence-corrected chi connectivity index (χ1v) is 8.99. The van der Waals surface area contributed by atoms with E-state index in [2.05, 4.69) is 17.5 Å². The Kier molecular flexibility index (Phi) is 8.14. The number of carbonyl (C=O) groups excluding carboxylic acids is 1. The molecule has 1 amide bonds. The molecule has 0 aliphatic heterocycles. The van der Waals surface area contributed by atoms with Crippen molar-refractivity contribution in [3.8, 4) is 23.0 Å². The average Bonchev–Trinajstić information content (AvgIpc) is 2.73. The smallest absolute Gasteiger partial charge is 0.271 e. The van der Waals surface area contributed by atoms with Gasteiger partial charge in [0.25, 0.3) is 5.91 Å². The van der Waals surface area contributed by atoms with Crippen LogP contribution in [0.3, 0.4) is 0 Å². The largest absolute Gasteiger partial charge is 0.494 e. The van der Waals surface area contributed by atoms with E-state index >= 15 is 0 Å². The number of hydrogen-bond acceptors (Lipinski definition) is 6. The standard InChI is InChI=1S/C21H26N2O5/c1-5-6-11-28-17-9-7-16(8-10-17)21(24)23-22-14-15-12-18(25-2)20(27-4)19(13-15)26-3/h7-10,12-14H,5-6,11H2,1-4H3,(H,23,24)/b22-14+. The second kappa shape index (κ2) is 10.8. The minimum absolute atomic E-state index is 0.316. The maximum atomic E-state index is 12.2. The Morgan fingerprint density at radius 1 is 1.04 bits per heavy atom. The van der Waals surface area contributed by atoms with Crippen molar-refractivity contribution >= 4 is 12.1 Å². The van der Waals surface area contributed by atoms with Crippen LogP contribution in [0.25, 0.3) is 0 Å². The van der Waals surface area contributed by atoms with Gasteiger partial charge in [0.15, 0.2) is 11.5 Å². The highest BCUT2D eigenvalue weighted by Crippen LogP contribution is 2.37. The number of ether oxygens (including phenoxy) is 4. The minimum Gasteiger partial charge on any atom is -0.494 e. The number of rotatable bonds is 10. The van der Waals surface area contributed by atoms with E-state index in [1.54, 1.807) is 36.4 Å². The van der Waals surface area contributed by atoms with Gasteiger partial charge in [-0.15, -0.1) is 0 Å². The lowest BCUT2D eigenvalue weighted by molar-refractivity contribution is 0.0955. The number of methoxy groups -OCH3 is 3. The van der Waals surface area contributed by atoms with E-state index < -0.39 is 0 Å². The van der Waals surface area contributed by atoms with Crippen molar-refractivity contribution in [2.75, 3.05) is 27.9 Å². The lowest BCUT2D eigenvalue weighted by atomic mass is 10.2. The third-order valence-electron chi connectivity index (χ3n) is 3.95. The van der Waals surface area contributed by atoms with E-state index in [1.165, 1.54) is 27.5 Å². The molecule has 0 atom stereocenters. The zero-order valence-corrected chi connectivity index (χ0v) is 16.7. The van der Waals surface area contributed by atoms with Crippen molar-refractivity contribution in [2.45, 2.75) is 19.8 Å². The molecule has 0 radical (unpaired) electrons. The average molecular weight is 386 g/mol. The summed E-state index contributed by atoms with van der Waals surface area (Å²) in [5.41, 5.74) is 3.68. The van der Waals surface area contributed by atoms with Gasteiger partial charge >= 0.3 is 0 Å². The molecule has 7 heteroatoms. The zero-order valence-electron chi connectivity index (χ0n) is 16.7. The summed E-state index contributed by atoms with van der Waals surface area (Å²) in [7, 11) is 4.61. The fourth-order valence-electron chi connectivity index (χ4n) is 2.44. The molecule has 1 N–H and O–H groups in total. The van der Waals surface area contributed by atoms with Crippen molar-refractivity contribution in [1.29, 1.82) is 0 Å². The summed E-state index contributed by atoms with van der Waals surface area (Å²) in [6.45, 7) is 2.77. The van der Waals surface area contributed by atoms with Crippen LogP contribution in [0.2, 0.25) is 0 Å². The Hall–Kier alpha value is -3.22. The monoisotopic (exact) mass is 386 g/mol. The predicted molar refractivity (Wildman–Crippen MR) is 108 cm³/mol. The molecular formula is C21H26N2O5. The van der Waals surface area contributed by atoms with Crippen LogP contribution >= 0.6 is 0 Å². The molecule has 7 nitrogen and oxygen atoms in total. The number of nitrogens with one attached hydrogen (secondary N) is 1. The highest BCUT2D eigenvalue weighted by atomic mass is 16.5. The van der Waals surface area contributed by atoms with Crippen LogP contribution in [0.15, 0.2) is 41.5 Å². The molecule has 0 aromatic heterocycles. The van der Waals surface area contributed by atoms with Crippen LogP contribution < -0.4 is 24.4 Å². The maximum Gasteiger partial charge on any atom is 0.271 e. The molecule has 0 spiro atoms. The Balaban J connectivity index is 2.01. The fraction of sp³-hybridized carbons (Fsp3) is 0.333. The van der Waals surface area contributed by atoms with E-state index in [0.717, 1.165) is 18.6 Å². The summed E-state index contributed by atoms with van der Waals surface area (Å²) < 4.78 is 21.5. The first kappa shape index (κ1) is 21.1. The van der Waals surface area contributed by atoms with Gasteiger partial charge in [0.2, 0.25) is 5.75 Å². The summed E-state index contributed by atoms with van der Waals surface area (Å²) in [4.78, 5) is 12.2. The SMILES string of the molecule is CCCCOc1ccc(C(=O)N/N=C/c2cc(OC)c(OC)c(OC)c2)cc1. The van der Waals surface area contributed by atoms with E-state index in [0.29, 0.717) is 35.0 Å². The molecule has 0 saturated heterocycles. The summed E-state index contributed by atoms with van der Waals surface area (Å²) in [6.07, 6.45) is 3.58. The van der Waals surface area contributed by atoms with E-state index in [1.807, 2.05) is 0 Å². The van der Waals surface area contributed by atoms with Crippen molar-refractivity contribution < 1.29 is 23.7 Å². The van der Waals surface area contributed by atoms with Gasteiger partial charge in [-0.3, -0.25) is 4.79 Å². The van der Waals surface area contributed by atoms with Crippen LogP contribution in [0.4, 0.5) is 0 Å². The summed E-state index contributed by atoms with van der Waals surface area (Å²) >= 11 is 0. The third kappa shape index (κ3) is 5.64. The molecule has 2 aromatic carbocycles. The fourth-order valence-corrected chi connectivity index (χ4v) is 2.44. The Morgan fingerprint density at radius 3 is 2.21 bits per heavy atom. The lowest BCUT2D eigenvalue weighted by Crippen LogP contribution is -2.17. The van der Waals surface area contributed by atoms with Gasteiger partial charge in [-0.1, -0.05) is 13.3 Å². The van der Waals surface area contributed by atoms with Crippen molar-refractivity contribution in [3.05, 3.63) is 47.5 Å². The third-order valence-corrected chi connectivity index (χ3v) is 3.95. The van der Waals surface area contributed by atoms with Crippen LogP contribution in [0.5, 0.6) is 23.0 Å². The maximum absolute atomic E-state index is 12.2. The molecule has 0 saturated carbocycles. The Bertz CT molecular complexity index is 778. The highest BCUT2D eigenvalue weighted by Gasteiger charge is 2.12. The zero-order chi connectivity index (χ0) is 20.4. The van der Waals surface area contributed by atoms with Gasteiger partial charge in [-0.05, 0) is 42.8 Å². The van der Waals surface area contributed by atoms with Crippen LogP contribution in [-0.2, 0) is 0 Å². The summed E-state index contributed by atoms with van der Waals surface area (Å²) in [5.74, 6) is 1.93. The molecule has 2 aromatic rings. The molecule has 0 bridgehead atoms. The number of hydrogen-bond donors (Lipinski definition) is 1. The topological polar surface area (TPSA) is 78.4 Å². The summed E-state index contributed by atoms with van der Waals surface area (Å²) in [5, 5.41) is 4.00. The number of nitrogens with zero attached hydrogens (tertiary/aromatic N) is 1. The van der Waals surface area contributed by atoms with E-state index in [4.69, 9.17) is 18.9 Å². The number of benzene rings is 2. The van der Waals surface area contributed by atoms with Crippen molar-refractivity contribution in [3.63, 3.8) is 0 Å². The van der Waals surface area contributed by atoms with Crippen LogP contribution in [-0.4, -0.2) is 40.1 Å². The predicted octanol–water partition coefficient (Wildman–Crippen LogP) is 3.66. The van der Waals surface area contributed by atoms with E-state index in [-0.39, 0.29) is 5.91 Å². The van der Waals surface area contributed by atoms with Gasteiger partial charge in [0.1, 0.15) is 5.75 Å². The number of amides is 1. The lowest BCUT2D eigenvalue weighted by Gasteiger charge is -2.12. The molecule has 150 valence electrons. The molecule has 2 rings (SSSR count). The molecule has 0 unspecified atom stereocenters. The molecule has 28 heavy (non-hydrogen) atoms. The van der Waals surface area contributed by atoms with E-state index in [9.17, 15) is 4.79 Å². The van der Waals surface area contributed by atoms with Gasteiger partial charge in [-0.25, -0.2) is 5.43 Å². The second-order valence-electron chi connectivity index (χ2n) is 5.88. The highest BCUT2D eigenvalue weighted by molar-refractivity contribution is 5.95. The van der Waals surface area contributed by atoms with Gasteiger partial charge in [0, 0.05) is 11.1 Å². The quantitative estimate of drug-likeness (QED) is 0.383. The van der Waals surface area contributed by atoms with Gasteiger partial charge in [-0.2, -0.15) is 5.10 Å². The van der Waals surface area contributed by atoms with Crippen molar-refractivity contribution in [2.24, 2.45) is 5.10 Å². The summed E-state index contributed by atoms with van der Waals surface area (Å²) in [6, 6.07) is 10.4. The normalized spacial score (nSPS) is 10.6. The molecule has 0 fully saturated rings. The molecular weight excluding hydrogens is 360 g/mol. The van der Waals surface area contributed by atoms with Crippen LogP contribution in [0, 0.1) is 0 Å². The molecule has 0 aliphatic carbocycles. The minimum atomic E-state index is -0.316. The van der Waals surface area contributed by atoms with Gasteiger partial charge in [0.05, 0.1) is 34.2 Å². The number of carbonyl (C=O) groups is 1. The number of unbranched alkanes of at least 4 members (excludes halogenated alkanes) is 1. The molecule has 0 heterocycles. The van der Waals surface area contributed by atoms with Crippen molar-refractivity contribution in [1.82, 2.24) is 5.43 Å². The van der Waals surface area contributed by atoms with Crippen LogP contribution in [0.1, 0.15) is 35.7 Å². The molecule has 0 aliphatic rings. The Morgan fingerprint density at radius 2 is 1.68 bits per heavy atom. The van der Waals surface area contributed by atoms with Gasteiger partial charge < -0.3 is 18.9 Å². The second-order valence-corrected chi connectivity index (χ2v) is 5.88. The Labute approximate surface area is 165 Å².